The van der Waals surface area contributed by atoms with E-state index in [0.717, 1.165) is 38.5 Å². The molecule has 2 atom stereocenters. The lowest BCUT2D eigenvalue weighted by Gasteiger charge is -2.46. The number of methoxy groups -OCH3 is 1. The molecule has 2 aromatic carbocycles. The fraction of sp³-hybridized carbons (Fsp3) is 0.556. The van der Waals surface area contributed by atoms with E-state index in [1.54, 1.807) is 37.4 Å². The van der Waals surface area contributed by atoms with Crippen LogP contribution >= 0.6 is 0 Å². The first-order valence-corrected chi connectivity index (χ1v) is 14.0. The van der Waals surface area contributed by atoms with Crippen LogP contribution in [0.3, 0.4) is 0 Å². The minimum atomic E-state index is -3.53. The van der Waals surface area contributed by atoms with Gasteiger partial charge in [-0.25, -0.2) is 8.42 Å². The molecule has 33 heavy (non-hydrogen) atoms. The van der Waals surface area contributed by atoms with Crippen LogP contribution in [0.2, 0.25) is 0 Å². The van der Waals surface area contributed by atoms with Gasteiger partial charge in [-0.05, 0) is 80.1 Å². The molecule has 2 aromatic rings. The van der Waals surface area contributed by atoms with Crippen molar-refractivity contribution in [3.63, 3.8) is 0 Å². The molecule has 5 nitrogen and oxygen atoms in total. The van der Waals surface area contributed by atoms with Gasteiger partial charge in [0.1, 0.15) is 5.75 Å². The van der Waals surface area contributed by atoms with Gasteiger partial charge in [0, 0.05) is 37.8 Å². The van der Waals surface area contributed by atoms with E-state index in [-0.39, 0.29) is 0 Å². The first kappa shape index (κ1) is 22.9. The van der Waals surface area contributed by atoms with Gasteiger partial charge in [-0.2, -0.15) is 0 Å². The highest BCUT2D eigenvalue weighted by atomic mass is 32.2. The summed E-state index contributed by atoms with van der Waals surface area (Å²) in [6.45, 7) is 5.79. The van der Waals surface area contributed by atoms with Crippen molar-refractivity contribution in [1.82, 2.24) is 9.80 Å². The van der Waals surface area contributed by atoms with Gasteiger partial charge in [0.15, 0.2) is 0 Å². The Kier molecular flexibility index (Phi) is 6.51. The average Bonchev–Trinajstić information content (AvgIpc) is 3.27. The fourth-order valence-electron chi connectivity index (χ4n) is 6.21. The summed E-state index contributed by atoms with van der Waals surface area (Å²) in [7, 11) is -1.95. The first-order chi connectivity index (χ1) is 16.0. The quantitative estimate of drug-likeness (QED) is 0.628. The summed E-state index contributed by atoms with van der Waals surface area (Å²) < 4.78 is 31.6. The van der Waals surface area contributed by atoms with Gasteiger partial charge in [-0.1, -0.05) is 25.3 Å². The van der Waals surface area contributed by atoms with Gasteiger partial charge in [-0.3, -0.25) is 9.80 Å². The monoisotopic (exact) mass is 468 g/mol. The van der Waals surface area contributed by atoms with E-state index < -0.39 is 9.84 Å². The highest BCUT2D eigenvalue weighted by molar-refractivity contribution is 7.91. The molecule has 0 aromatic heterocycles. The number of aryl methyl sites for hydroxylation is 1. The van der Waals surface area contributed by atoms with Gasteiger partial charge >= 0.3 is 0 Å². The number of hydrogen-bond acceptors (Lipinski definition) is 5. The number of nitrogens with zero attached hydrogens (tertiary/aromatic N) is 2. The molecule has 0 N–H and O–H groups in total. The molecule has 5 rings (SSSR count). The number of sulfone groups is 1. The van der Waals surface area contributed by atoms with Crippen molar-refractivity contribution < 1.29 is 13.2 Å². The second-order valence-corrected chi connectivity index (χ2v) is 11.9. The second kappa shape index (κ2) is 9.40. The van der Waals surface area contributed by atoms with Crippen molar-refractivity contribution in [3.05, 3.63) is 53.6 Å². The topological polar surface area (TPSA) is 49.9 Å². The molecule has 1 heterocycles. The molecule has 1 saturated carbocycles. The SMILES string of the molecule is COc1ccc(S(=O)(=O)c2ccc3c(c2)CCC3N2CCN(C3CCCCC3)CC2C)cc1. The number of fused-ring (bicyclic) bond motifs is 1. The summed E-state index contributed by atoms with van der Waals surface area (Å²) in [5.74, 6) is 0.656. The third kappa shape index (κ3) is 4.45. The van der Waals surface area contributed by atoms with Crippen molar-refractivity contribution in [1.29, 1.82) is 0 Å². The van der Waals surface area contributed by atoms with E-state index in [9.17, 15) is 8.42 Å². The Morgan fingerprint density at radius 1 is 0.909 bits per heavy atom. The van der Waals surface area contributed by atoms with Crippen LogP contribution in [0, 0.1) is 0 Å². The lowest BCUT2D eigenvalue weighted by atomic mass is 9.93. The lowest BCUT2D eigenvalue weighted by molar-refractivity contribution is 0.0186. The molecule has 0 amide bonds. The van der Waals surface area contributed by atoms with Crippen molar-refractivity contribution in [2.75, 3.05) is 26.7 Å². The number of rotatable bonds is 5. The molecular weight excluding hydrogens is 432 g/mol. The van der Waals surface area contributed by atoms with Crippen molar-refractivity contribution in [2.24, 2.45) is 0 Å². The highest BCUT2D eigenvalue weighted by Gasteiger charge is 2.36. The van der Waals surface area contributed by atoms with E-state index in [1.165, 1.54) is 43.2 Å². The maximum atomic E-state index is 13.2. The normalized spacial score (nSPS) is 25.2. The Balaban J connectivity index is 1.31. The Morgan fingerprint density at radius 3 is 2.33 bits per heavy atom. The summed E-state index contributed by atoms with van der Waals surface area (Å²) >= 11 is 0. The summed E-state index contributed by atoms with van der Waals surface area (Å²) in [6, 6.07) is 14.1. The maximum absolute atomic E-state index is 13.2. The zero-order valence-corrected chi connectivity index (χ0v) is 20.7. The Hall–Kier alpha value is -1.89. The van der Waals surface area contributed by atoms with Crippen LogP contribution in [0.4, 0.5) is 0 Å². The highest BCUT2D eigenvalue weighted by Crippen LogP contribution is 2.40. The molecule has 2 aliphatic carbocycles. The van der Waals surface area contributed by atoms with Crippen molar-refractivity contribution in [3.8, 4) is 5.75 Å². The van der Waals surface area contributed by atoms with Gasteiger partial charge in [0.2, 0.25) is 9.84 Å². The molecule has 0 bridgehead atoms. The van der Waals surface area contributed by atoms with Gasteiger partial charge in [0.05, 0.1) is 16.9 Å². The number of hydrogen-bond donors (Lipinski definition) is 0. The summed E-state index contributed by atoms with van der Waals surface area (Å²) in [4.78, 5) is 6.11. The summed E-state index contributed by atoms with van der Waals surface area (Å²) in [5.41, 5.74) is 2.51. The Bertz CT molecular complexity index is 1080. The lowest BCUT2D eigenvalue weighted by Crippen LogP contribution is -2.55. The smallest absolute Gasteiger partial charge is 0.206 e. The predicted molar refractivity (Wildman–Crippen MR) is 131 cm³/mol. The molecular formula is C27H36N2O3S. The third-order valence-corrected chi connectivity index (χ3v) is 9.81. The number of ether oxygens (including phenoxy) is 1. The zero-order valence-electron chi connectivity index (χ0n) is 19.9. The van der Waals surface area contributed by atoms with Crippen LogP contribution in [0.5, 0.6) is 5.75 Å². The van der Waals surface area contributed by atoms with Gasteiger partial charge in [-0.15, -0.1) is 0 Å². The van der Waals surface area contributed by atoms with Gasteiger partial charge < -0.3 is 4.74 Å². The van der Waals surface area contributed by atoms with Crippen molar-refractivity contribution >= 4 is 9.84 Å². The first-order valence-electron chi connectivity index (χ1n) is 12.5. The molecule has 3 aliphatic rings. The van der Waals surface area contributed by atoms with Crippen LogP contribution in [0.1, 0.15) is 62.6 Å². The average molecular weight is 469 g/mol. The molecule has 1 saturated heterocycles. The minimum Gasteiger partial charge on any atom is -0.497 e. The molecule has 2 unspecified atom stereocenters. The predicted octanol–water partition coefficient (Wildman–Crippen LogP) is 4.85. The molecule has 0 spiro atoms. The zero-order chi connectivity index (χ0) is 23.0. The van der Waals surface area contributed by atoms with Crippen LogP contribution in [-0.2, 0) is 16.3 Å². The second-order valence-electron chi connectivity index (χ2n) is 9.97. The largest absolute Gasteiger partial charge is 0.497 e. The molecule has 1 aliphatic heterocycles. The van der Waals surface area contributed by atoms with E-state index >= 15 is 0 Å². The molecule has 2 fully saturated rings. The fourth-order valence-corrected chi connectivity index (χ4v) is 7.53. The van der Waals surface area contributed by atoms with Crippen LogP contribution in [0.15, 0.2) is 52.3 Å². The van der Waals surface area contributed by atoms with E-state index in [2.05, 4.69) is 22.8 Å². The number of benzene rings is 2. The Labute approximate surface area is 198 Å². The van der Waals surface area contributed by atoms with Crippen molar-refractivity contribution in [2.45, 2.75) is 79.8 Å². The van der Waals surface area contributed by atoms with E-state index in [4.69, 9.17) is 4.74 Å². The van der Waals surface area contributed by atoms with Crippen LogP contribution in [-0.4, -0.2) is 57.0 Å². The molecule has 0 radical (unpaired) electrons. The number of piperazine rings is 1. The van der Waals surface area contributed by atoms with Crippen LogP contribution < -0.4 is 4.74 Å². The van der Waals surface area contributed by atoms with E-state index in [1.807, 2.05) is 6.07 Å². The standard InChI is InChI=1S/C27H36N2O3S/c1-20-19-28(22-6-4-3-5-7-22)16-17-29(20)27-15-8-21-18-25(13-14-26(21)27)33(30,31)24-11-9-23(32-2)10-12-24/h9-14,18,20,22,27H,3-8,15-17,19H2,1-2H3. The van der Waals surface area contributed by atoms with E-state index in [0.29, 0.717) is 27.6 Å². The molecule has 178 valence electrons. The minimum absolute atomic E-state index is 0.310. The molecule has 6 heteroatoms. The maximum Gasteiger partial charge on any atom is 0.206 e. The third-order valence-electron chi connectivity index (χ3n) is 8.04. The summed E-state index contributed by atoms with van der Waals surface area (Å²) in [6.07, 6.45) is 8.93. The van der Waals surface area contributed by atoms with Crippen LogP contribution in [0.25, 0.3) is 0 Å². The summed E-state index contributed by atoms with van der Waals surface area (Å²) in [5, 5.41) is 0. The Morgan fingerprint density at radius 2 is 1.64 bits per heavy atom. The van der Waals surface area contributed by atoms with Gasteiger partial charge in [0.25, 0.3) is 0 Å².